The second-order valence-corrected chi connectivity index (χ2v) is 5.39. The molecule has 2 rings (SSSR count). The summed E-state index contributed by atoms with van der Waals surface area (Å²) in [6.07, 6.45) is 1.50. The molecule has 1 unspecified atom stereocenters. The number of hydrogen-bond donors (Lipinski definition) is 1. The van der Waals surface area contributed by atoms with Crippen molar-refractivity contribution in [3.05, 3.63) is 65.7 Å². The number of benzene rings is 2. The van der Waals surface area contributed by atoms with E-state index in [0.29, 0.717) is 17.7 Å². The summed E-state index contributed by atoms with van der Waals surface area (Å²) in [5.74, 6) is 0.111. The molecule has 0 aliphatic rings. The van der Waals surface area contributed by atoms with E-state index in [-0.39, 0.29) is 17.9 Å². The van der Waals surface area contributed by atoms with Crippen molar-refractivity contribution in [2.24, 2.45) is 0 Å². The average Bonchev–Trinajstić information content (AvgIpc) is 2.54. The first-order valence-corrected chi connectivity index (χ1v) is 7.71. The molecule has 1 N–H and O–H groups in total. The molecule has 120 valence electrons. The summed E-state index contributed by atoms with van der Waals surface area (Å²) in [4.78, 5) is 23.3. The van der Waals surface area contributed by atoms with E-state index in [2.05, 4.69) is 5.32 Å². The zero-order valence-corrected chi connectivity index (χ0v) is 13.4. The fraction of sp³-hybridized carbons (Fsp3) is 0.263. The van der Waals surface area contributed by atoms with Crippen molar-refractivity contribution in [3.63, 3.8) is 0 Å². The summed E-state index contributed by atoms with van der Waals surface area (Å²) in [5, 5.41) is 3.05. The Hall–Kier alpha value is -2.62. The third-order valence-electron chi connectivity index (χ3n) is 3.51. The Labute approximate surface area is 136 Å². The highest BCUT2D eigenvalue weighted by atomic mass is 16.5. The van der Waals surface area contributed by atoms with Crippen LogP contribution in [0.3, 0.4) is 0 Å². The van der Waals surface area contributed by atoms with E-state index in [9.17, 15) is 9.59 Å². The molecule has 0 bridgehead atoms. The maximum Gasteiger partial charge on any atom is 0.308 e. The summed E-state index contributed by atoms with van der Waals surface area (Å²) in [5.41, 5.74) is 1.67. The molecule has 0 aliphatic carbocycles. The van der Waals surface area contributed by atoms with E-state index in [1.54, 1.807) is 18.2 Å². The number of amides is 1. The predicted octanol–water partition coefficient (Wildman–Crippen LogP) is 3.36. The van der Waals surface area contributed by atoms with Gasteiger partial charge >= 0.3 is 5.97 Å². The highest BCUT2D eigenvalue weighted by molar-refractivity contribution is 5.94. The van der Waals surface area contributed by atoms with Crippen LogP contribution in [0, 0.1) is 0 Å². The van der Waals surface area contributed by atoms with Gasteiger partial charge in [0.2, 0.25) is 0 Å². The summed E-state index contributed by atoms with van der Waals surface area (Å²) in [6.45, 7) is 3.41. The molecule has 0 fully saturated rings. The molecule has 4 nitrogen and oxygen atoms in total. The largest absolute Gasteiger partial charge is 0.427 e. The van der Waals surface area contributed by atoms with Gasteiger partial charge in [-0.05, 0) is 42.7 Å². The third-order valence-corrected chi connectivity index (χ3v) is 3.51. The highest BCUT2D eigenvalue weighted by Crippen LogP contribution is 2.16. The van der Waals surface area contributed by atoms with Crippen molar-refractivity contribution in [1.82, 2.24) is 5.32 Å². The van der Waals surface area contributed by atoms with Crippen LogP contribution in [0.1, 0.15) is 36.2 Å². The number of carbonyl (C=O) groups excluding carboxylic acids is 2. The number of rotatable bonds is 6. The van der Waals surface area contributed by atoms with Gasteiger partial charge in [-0.1, -0.05) is 37.3 Å². The first-order chi connectivity index (χ1) is 11.1. The summed E-state index contributed by atoms with van der Waals surface area (Å²) in [6, 6.07) is 16.6. The van der Waals surface area contributed by atoms with Gasteiger partial charge in [0.1, 0.15) is 5.75 Å². The predicted molar refractivity (Wildman–Crippen MR) is 89.4 cm³/mol. The normalized spacial score (nSPS) is 11.6. The molecule has 1 amide bonds. The van der Waals surface area contributed by atoms with Gasteiger partial charge in [-0.3, -0.25) is 9.59 Å². The van der Waals surface area contributed by atoms with Crippen LogP contribution in [-0.4, -0.2) is 17.9 Å². The number of esters is 1. The van der Waals surface area contributed by atoms with Crippen LogP contribution in [0.25, 0.3) is 0 Å². The van der Waals surface area contributed by atoms with Crippen molar-refractivity contribution in [1.29, 1.82) is 0 Å². The van der Waals surface area contributed by atoms with E-state index < -0.39 is 0 Å². The van der Waals surface area contributed by atoms with E-state index in [1.165, 1.54) is 6.92 Å². The van der Waals surface area contributed by atoms with Crippen LogP contribution in [-0.2, 0) is 11.2 Å². The smallest absolute Gasteiger partial charge is 0.308 e. The fourth-order valence-corrected chi connectivity index (χ4v) is 2.34. The van der Waals surface area contributed by atoms with Gasteiger partial charge in [0.05, 0.1) is 0 Å². The standard InChI is InChI=1S/C19H21NO3/c1-3-17(20-19(22)16-9-5-4-6-10-16)12-15-8-7-11-18(13-15)23-14(2)21/h4-11,13,17H,3,12H2,1-2H3,(H,20,22). The van der Waals surface area contributed by atoms with E-state index in [0.717, 1.165) is 12.0 Å². The summed E-state index contributed by atoms with van der Waals surface area (Å²) >= 11 is 0. The van der Waals surface area contributed by atoms with Crippen molar-refractivity contribution < 1.29 is 14.3 Å². The third kappa shape index (κ3) is 5.25. The fourth-order valence-electron chi connectivity index (χ4n) is 2.34. The zero-order valence-electron chi connectivity index (χ0n) is 13.4. The summed E-state index contributed by atoms with van der Waals surface area (Å²) < 4.78 is 5.09. The molecular formula is C19H21NO3. The van der Waals surface area contributed by atoms with Gasteiger partial charge in [-0.15, -0.1) is 0 Å². The number of carbonyl (C=O) groups is 2. The minimum Gasteiger partial charge on any atom is -0.427 e. The highest BCUT2D eigenvalue weighted by Gasteiger charge is 2.13. The summed E-state index contributed by atoms with van der Waals surface area (Å²) in [7, 11) is 0. The van der Waals surface area contributed by atoms with Crippen LogP contribution >= 0.6 is 0 Å². The van der Waals surface area contributed by atoms with Crippen molar-refractivity contribution >= 4 is 11.9 Å². The van der Waals surface area contributed by atoms with Gasteiger partial charge in [-0.25, -0.2) is 0 Å². The number of ether oxygens (including phenoxy) is 1. The van der Waals surface area contributed by atoms with Crippen molar-refractivity contribution in [2.45, 2.75) is 32.7 Å². The van der Waals surface area contributed by atoms with Crippen molar-refractivity contribution in [2.75, 3.05) is 0 Å². The Morgan fingerprint density at radius 3 is 2.48 bits per heavy atom. The number of nitrogens with one attached hydrogen (secondary N) is 1. The minimum absolute atomic E-state index is 0.0234. The molecule has 0 heterocycles. The SMILES string of the molecule is CCC(Cc1cccc(OC(C)=O)c1)NC(=O)c1ccccc1. The van der Waals surface area contributed by atoms with Crippen LogP contribution < -0.4 is 10.1 Å². The van der Waals surface area contributed by atoms with E-state index in [4.69, 9.17) is 4.74 Å². The molecule has 0 spiro atoms. The maximum absolute atomic E-state index is 12.2. The van der Waals surface area contributed by atoms with Crippen LogP contribution in [0.2, 0.25) is 0 Å². The molecule has 0 radical (unpaired) electrons. The van der Waals surface area contributed by atoms with E-state index >= 15 is 0 Å². The van der Waals surface area contributed by atoms with Gasteiger partial charge in [0.25, 0.3) is 5.91 Å². The quantitative estimate of drug-likeness (QED) is 0.657. The van der Waals surface area contributed by atoms with Crippen LogP contribution in [0.5, 0.6) is 5.75 Å². The second kappa shape index (κ2) is 8.13. The molecule has 1 atom stereocenters. The van der Waals surface area contributed by atoms with Crippen LogP contribution in [0.15, 0.2) is 54.6 Å². The van der Waals surface area contributed by atoms with Crippen molar-refractivity contribution in [3.8, 4) is 5.75 Å². The molecule has 4 heteroatoms. The Morgan fingerprint density at radius 2 is 1.83 bits per heavy atom. The van der Waals surface area contributed by atoms with Gasteiger partial charge in [0.15, 0.2) is 0 Å². The topological polar surface area (TPSA) is 55.4 Å². The van der Waals surface area contributed by atoms with Gasteiger partial charge < -0.3 is 10.1 Å². The Balaban J connectivity index is 2.02. The lowest BCUT2D eigenvalue weighted by molar-refractivity contribution is -0.131. The monoisotopic (exact) mass is 311 g/mol. The Bertz CT molecular complexity index is 667. The molecule has 0 aliphatic heterocycles. The van der Waals surface area contributed by atoms with E-state index in [1.807, 2.05) is 43.3 Å². The number of hydrogen-bond acceptors (Lipinski definition) is 3. The molecule has 2 aromatic carbocycles. The molecule has 2 aromatic rings. The maximum atomic E-state index is 12.2. The second-order valence-electron chi connectivity index (χ2n) is 5.39. The Kier molecular flexibility index (Phi) is 5.92. The van der Waals surface area contributed by atoms with Gasteiger partial charge in [-0.2, -0.15) is 0 Å². The lowest BCUT2D eigenvalue weighted by atomic mass is 10.0. The first-order valence-electron chi connectivity index (χ1n) is 7.71. The molecule has 0 aromatic heterocycles. The zero-order chi connectivity index (χ0) is 16.7. The molecular weight excluding hydrogens is 290 g/mol. The molecule has 23 heavy (non-hydrogen) atoms. The lowest BCUT2D eigenvalue weighted by Gasteiger charge is -2.17. The lowest BCUT2D eigenvalue weighted by Crippen LogP contribution is -2.35. The first kappa shape index (κ1) is 16.7. The Morgan fingerprint density at radius 1 is 1.09 bits per heavy atom. The average molecular weight is 311 g/mol. The van der Waals surface area contributed by atoms with Crippen LogP contribution in [0.4, 0.5) is 0 Å². The van der Waals surface area contributed by atoms with Gasteiger partial charge in [0, 0.05) is 18.5 Å². The molecule has 0 saturated heterocycles. The minimum atomic E-state index is -0.341. The molecule has 0 saturated carbocycles.